The summed E-state index contributed by atoms with van der Waals surface area (Å²) in [6.07, 6.45) is 0. The second kappa shape index (κ2) is 4.89. The maximum Gasteiger partial charge on any atom is 0.128 e. The highest BCUT2D eigenvalue weighted by Crippen LogP contribution is 2.31. The lowest BCUT2D eigenvalue weighted by Crippen LogP contribution is -1.96. The molecule has 4 N–H and O–H groups in total. The largest absolute Gasteiger partial charge is 0.496 e. The van der Waals surface area contributed by atoms with Crippen LogP contribution in [0.3, 0.4) is 0 Å². The van der Waals surface area contributed by atoms with E-state index in [-0.39, 0.29) is 0 Å². The molecule has 0 aliphatic carbocycles. The number of ether oxygens (including phenoxy) is 1. The summed E-state index contributed by atoms with van der Waals surface area (Å²) in [6.45, 7) is 0.533. The molecule has 17 heavy (non-hydrogen) atoms. The Morgan fingerprint density at radius 2 is 1.94 bits per heavy atom. The molecule has 0 amide bonds. The van der Waals surface area contributed by atoms with Gasteiger partial charge in [-0.3, -0.25) is 0 Å². The molecule has 88 valence electrons. The lowest BCUT2D eigenvalue weighted by Gasteiger charge is -2.10. The zero-order valence-electron chi connectivity index (χ0n) is 9.81. The lowest BCUT2D eigenvalue weighted by atomic mass is 10.0. The number of hydrogen-bond donors (Lipinski definition) is 2. The maximum absolute atomic E-state index is 5.74. The predicted octanol–water partition coefficient (Wildman–Crippen LogP) is 2.40. The summed E-state index contributed by atoms with van der Waals surface area (Å²) in [4.78, 5) is 0. The van der Waals surface area contributed by atoms with Crippen LogP contribution in [-0.2, 0) is 6.54 Å². The number of nitrogens with two attached hydrogens (primary N) is 2. The smallest absolute Gasteiger partial charge is 0.128 e. The summed E-state index contributed by atoms with van der Waals surface area (Å²) in [5.74, 6) is 0.777. The van der Waals surface area contributed by atoms with Crippen molar-refractivity contribution in [2.45, 2.75) is 6.54 Å². The molecule has 3 nitrogen and oxygen atoms in total. The monoisotopic (exact) mass is 228 g/mol. The molecular weight excluding hydrogens is 212 g/mol. The minimum absolute atomic E-state index is 0.533. The van der Waals surface area contributed by atoms with Gasteiger partial charge in [0.1, 0.15) is 5.75 Å². The van der Waals surface area contributed by atoms with Crippen molar-refractivity contribution in [3.05, 3.63) is 48.0 Å². The van der Waals surface area contributed by atoms with Crippen molar-refractivity contribution in [1.82, 2.24) is 0 Å². The van der Waals surface area contributed by atoms with Gasteiger partial charge in [0, 0.05) is 23.9 Å². The SMILES string of the molecule is COc1cc(N)ccc1-c1cccc(CN)c1. The standard InChI is InChI=1S/C14H16N2O/c1-17-14-8-12(16)5-6-13(14)11-4-2-3-10(7-11)9-15/h2-8H,9,15-16H2,1H3. The number of anilines is 1. The van der Waals surface area contributed by atoms with E-state index >= 15 is 0 Å². The van der Waals surface area contributed by atoms with E-state index in [0.29, 0.717) is 12.2 Å². The Morgan fingerprint density at radius 1 is 1.12 bits per heavy atom. The van der Waals surface area contributed by atoms with Crippen molar-refractivity contribution in [3.8, 4) is 16.9 Å². The number of hydrogen-bond acceptors (Lipinski definition) is 3. The van der Waals surface area contributed by atoms with Gasteiger partial charge in [0.15, 0.2) is 0 Å². The zero-order valence-corrected chi connectivity index (χ0v) is 9.81. The maximum atomic E-state index is 5.74. The van der Waals surface area contributed by atoms with E-state index in [1.54, 1.807) is 7.11 Å². The molecule has 0 heterocycles. The predicted molar refractivity (Wildman–Crippen MR) is 70.7 cm³/mol. The summed E-state index contributed by atoms with van der Waals surface area (Å²) in [7, 11) is 1.64. The van der Waals surface area contributed by atoms with Gasteiger partial charge >= 0.3 is 0 Å². The van der Waals surface area contributed by atoms with E-state index in [1.165, 1.54) is 0 Å². The van der Waals surface area contributed by atoms with Crippen molar-refractivity contribution >= 4 is 5.69 Å². The second-order valence-electron chi connectivity index (χ2n) is 3.86. The second-order valence-corrected chi connectivity index (χ2v) is 3.86. The fraction of sp³-hybridized carbons (Fsp3) is 0.143. The molecule has 0 aliphatic rings. The summed E-state index contributed by atoms with van der Waals surface area (Å²) in [6, 6.07) is 13.8. The molecular formula is C14H16N2O. The van der Waals surface area contributed by atoms with Crippen molar-refractivity contribution in [1.29, 1.82) is 0 Å². The average Bonchev–Trinajstić information content (AvgIpc) is 2.38. The Hall–Kier alpha value is -2.00. The molecule has 2 aromatic carbocycles. The first-order valence-electron chi connectivity index (χ1n) is 5.47. The summed E-state index contributed by atoms with van der Waals surface area (Å²) in [5, 5.41) is 0. The van der Waals surface area contributed by atoms with Crippen LogP contribution in [0.15, 0.2) is 42.5 Å². The van der Waals surface area contributed by atoms with E-state index in [4.69, 9.17) is 16.2 Å². The Bertz CT molecular complexity index is 523. The van der Waals surface area contributed by atoms with Crippen molar-refractivity contribution in [2.75, 3.05) is 12.8 Å². The van der Waals surface area contributed by atoms with Crippen LogP contribution in [0.1, 0.15) is 5.56 Å². The fourth-order valence-corrected chi connectivity index (χ4v) is 1.81. The molecule has 0 unspecified atom stereocenters. The Kier molecular flexibility index (Phi) is 3.30. The van der Waals surface area contributed by atoms with Crippen LogP contribution in [0.4, 0.5) is 5.69 Å². The molecule has 0 aliphatic heterocycles. The fourth-order valence-electron chi connectivity index (χ4n) is 1.81. The number of methoxy groups -OCH3 is 1. The van der Waals surface area contributed by atoms with E-state index in [0.717, 1.165) is 22.4 Å². The molecule has 0 bridgehead atoms. The summed E-state index contributed by atoms with van der Waals surface area (Å²) < 4.78 is 5.34. The minimum Gasteiger partial charge on any atom is -0.496 e. The van der Waals surface area contributed by atoms with Crippen LogP contribution >= 0.6 is 0 Å². The summed E-state index contributed by atoms with van der Waals surface area (Å²) in [5.41, 5.74) is 15.3. The summed E-state index contributed by atoms with van der Waals surface area (Å²) >= 11 is 0. The number of rotatable bonds is 3. The Labute approximate surface area is 101 Å². The van der Waals surface area contributed by atoms with Crippen molar-refractivity contribution in [2.24, 2.45) is 5.73 Å². The van der Waals surface area contributed by atoms with Gasteiger partial charge in [-0.05, 0) is 29.3 Å². The third kappa shape index (κ3) is 2.40. The molecule has 0 fully saturated rings. The molecule has 0 radical (unpaired) electrons. The van der Waals surface area contributed by atoms with Gasteiger partial charge in [-0.2, -0.15) is 0 Å². The molecule has 0 aromatic heterocycles. The van der Waals surface area contributed by atoms with Gasteiger partial charge < -0.3 is 16.2 Å². The third-order valence-corrected chi connectivity index (χ3v) is 2.70. The van der Waals surface area contributed by atoms with E-state index in [9.17, 15) is 0 Å². The van der Waals surface area contributed by atoms with Crippen LogP contribution in [0, 0.1) is 0 Å². The number of nitrogen functional groups attached to an aromatic ring is 1. The number of benzene rings is 2. The molecule has 3 heteroatoms. The first-order valence-corrected chi connectivity index (χ1v) is 5.47. The molecule has 0 saturated heterocycles. The Morgan fingerprint density at radius 3 is 2.65 bits per heavy atom. The van der Waals surface area contributed by atoms with Crippen LogP contribution < -0.4 is 16.2 Å². The highest BCUT2D eigenvalue weighted by Gasteiger charge is 2.06. The van der Waals surface area contributed by atoms with Gasteiger partial charge in [0.05, 0.1) is 7.11 Å². The highest BCUT2D eigenvalue weighted by molar-refractivity contribution is 5.73. The quantitative estimate of drug-likeness (QED) is 0.793. The highest BCUT2D eigenvalue weighted by atomic mass is 16.5. The molecule has 0 saturated carbocycles. The van der Waals surface area contributed by atoms with Gasteiger partial charge in [0.25, 0.3) is 0 Å². The van der Waals surface area contributed by atoms with Gasteiger partial charge in [-0.15, -0.1) is 0 Å². The molecule has 0 spiro atoms. The topological polar surface area (TPSA) is 61.3 Å². The van der Waals surface area contributed by atoms with E-state index < -0.39 is 0 Å². The van der Waals surface area contributed by atoms with Crippen molar-refractivity contribution in [3.63, 3.8) is 0 Å². The van der Waals surface area contributed by atoms with Gasteiger partial charge in [0.2, 0.25) is 0 Å². The zero-order chi connectivity index (χ0) is 12.3. The normalized spacial score (nSPS) is 10.2. The van der Waals surface area contributed by atoms with Gasteiger partial charge in [-0.25, -0.2) is 0 Å². The van der Waals surface area contributed by atoms with Gasteiger partial charge in [-0.1, -0.05) is 18.2 Å². The molecule has 0 atom stereocenters. The minimum atomic E-state index is 0.533. The van der Waals surface area contributed by atoms with Crippen LogP contribution in [0.5, 0.6) is 5.75 Å². The van der Waals surface area contributed by atoms with Crippen LogP contribution in [0.25, 0.3) is 11.1 Å². The lowest BCUT2D eigenvalue weighted by molar-refractivity contribution is 0.416. The first kappa shape index (κ1) is 11.5. The van der Waals surface area contributed by atoms with Crippen molar-refractivity contribution < 1.29 is 4.74 Å². The molecule has 2 rings (SSSR count). The van der Waals surface area contributed by atoms with Crippen LogP contribution in [-0.4, -0.2) is 7.11 Å². The third-order valence-electron chi connectivity index (χ3n) is 2.70. The Balaban J connectivity index is 2.51. The first-order chi connectivity index (χ1) is 8.24. The van der Waals surface area contributed by atoms with Crippen LogP contribution in [0.2, 0.25) is 0 Å². The molecule has 2 aromatic rings. The van der Waals surface area contributed by atoms with E-state index in [1.807, 2.05) is 36.4 Å². The average molecular weight is 228 g/mol. The van der Waals surface area contributed by atoms with E-state index in [2.05, 4.69) is 6.07 Å².